The summed E-state index contributed by atoms with van der Waals surface area (Å²) in [6, 6.07) is 5.66. The maximum absolute atomic E-state index is 11.9. The van der Waals surface area contributed by atoms with Crippen molar-refractivity contribution in [2.45, 2.75) is 19.9 Å². The predicted molar refractivity (Wildman–Crippen MR) is 80.5 cm³/mol. The summed E-state index contributed by atoms with van der Waals surface area (Å²) in [6.45, 7) is 3.58. The number of halogens is 1. The Balaban J connectivity index is 3.08. The Morgan fingerprint density at radius 3 is 2.58 bits per heavy atom. The van der Waals surface area contributed by atoms with Gasteiger partial charge in [-0.05, 0) is 18.1 Å². The summed E-state index contributed by atoms with van der Waals surface area (Å²) < 4.78 is 0. The molecule has 1 rings (SSSR count). The number of amides is 1. The fraction of sp³-hybridized carbons (Fsp3) is 0.500. The van der Waals surface area contributed by atoms with Gasteiger partial charge in [0.2, 0.25) is 5.91 Å². The van der Waals surface area contributed by atoms with Gasteiger partial charge in [0.05, 0.1) is 17.3 Å². The Hall–Kier alpha value is -1.26. The van der Waals surface area contributed by atoms with Crippen molar-refractivity contribution in [1.82, 2.24) is 4.90 Å². The van der Waals surface area contributed by atoms with Crippen LogP contribution in [0.2, 0.25) is 5.02 Å². The molecule has 0 aromatic heterocycles. The molecule has 1 aromatic carbocycles. The number of carbonyl (C=O) groups excluding carboxylic acids is 1. The van der Waals surface area contributed by atoms with Crippen LogP contribution in [0.5, 0.6) is 0 Å². The van der Waals surface area contributed by atoms with Gasteiger partial charge in [-0.15, -0.1) is 0 Å². The molecule has 0 bridgehead atoms. The van der Waals surface area contributed by atoms with Gasteiger partial charge in [0.1, 0.15) is 0 Å². The van der Waals surface area contributed by atoms with E-state index in [-0.39, 0.29) is 5.91 Å². The fourth-order valence-electron chi connectivity index (χ4n) is 1.92. The SMILES string of the molecule is CCCN(CC(=O)N(C)C)c1c(Cl)cccc1CN. The third-order valence-corrected chi connectivity index (χ3v) is 3.23. The summed E-state index contributed by atoms with van der Waals surface area (Å²) in [7, 11) is 3.51. The molecule has 0 heterocycles. The number of likely N-dealkylation sites (N-methyl/N-ethyl adjacent to an activating group) is 1. The number of nitrogens with two attached hydrogens (primary N) is 1. The quantitative estimate of drug-likeness (QED) is 0.870. The van der Waals surface area contributed by atoms with Crippen molar-refractivity contribution in [3.05, 3.63) is 28.8 Å². The number of para-hydroxylation sites is 1. The largest absolute Gasteiger partial charge is 0.361 e. The van der Waals surface area contributed by atoms with E-state index in [9.17, 15) is 4.79 Å². The average Bonchev–Trinajstić information content (AvgIpc) is 2.37. The molecule has 2 N–H and O–H groups in total. The van der Waals surface area contributed by atoms with Crippen LogP contribution in [-0.2, 0) is 11.3 Å². The minimum atomic E-state index is 0.0522. The van der Waals surface area contributed by atoms with Gasteiger partial charge >= 0.3 is 0 Å². The van der Waals surface area contributed by atoms with Gasteiger partial charge in [0, 0.05) is 27.2 Å². The van der Waals surface area contributed by atoms with Crippen LogP contribution in [0.15, 0.2) is 18.2 Å². The zero-order chi connectivity index (χ0) is 14.4. The van der Waals surface area contributed by atoms with Crippen LogP contribution in [0.25, 0.3) is 0 Å². The van der Waals surface area contributed by atoms with Crippen LogP contribution >= 0.6 is 11.6 Å². The number of hydrogen-bond donors (Lipinski definition) is 1. The van der Waals surface area contributed by atoms with E-state index in [4.69, 9.17) is 17.3 Å². The number of carbonyl (C=O) groups is 1. The standard InChI is InChI=1S/C14H22ClN3O/c1-4-8-18(10-13(19)17(2)3)14-11(9-16)6-5-7-12(14)15/h5-7H,4,8-10,16H2,1-3H3. The van der Waals surface area contributed by atoms with E-state index in [1.54, 1.807) is 19.0 Å². The first kappa shape index (κ1) is 15.8. The molecule has 0 atom stereocenters. The molecular weight excluding hydrogens is 262 g/mol. The summed E-state index contributed by atoms with van der Waals surface area (Å²) >= 11 is 6.28. The van der Waals surface area contributed by atoms with E-state index in [1.165, 1.54) is 0 Å². The summed E-state index contributed by atoms with van der Waals surface area (Å²) in [6.07, 6.45) is 0.940. The number of nitrogens with zero attached hydrogens (tertiary/aromatic N) is 2. The molecule has 0 radical (unpaired) electrons. The van der Waals surface area contributed by atoms with Crippen molar-refractivity contribution in [2.24, 2.45) is 5.73 Å². The molecule has 0 saturated carbocycles. The van der Waals surface area contributed by atoms with Gasteiger partial charge in [-0.3, -0.25) is 4.79 Å². The lowest BCUT2D eigenvalue weighted by molar-refractivity contribution is -0.127. The highest BCUT2D eigenvalue weighted by molar-refractivity contribution is 6.33. The maximum atomic E-state index is 11.9. The van der Waals surface area contributed by atoms with E-state index in [0.29, 0.717) is 18.1 Å². The second-order valence-electron chi connectivity index (χ2n) is 4.66. The van der Waals surface area contributed by atoms with Gasteiger partial charge in [-0.2, -0.15) is 0 Å². The third-order valence-electron chi connectivity index (χ3n) is 2.92. The third kappa shape index (κ3) is 4.11. The summed E-state index contributed by atoms with van der Waals surface area (Å²) in [4.78, 5) is 15.5. The van der Waals surface area contributed by atoms with Crippen LogP contribution in [0.4, 0.5) is 5.69 Å². The first-order valence-corrected chi connectivity index (χ1v) is 6.81. The van der Waals surface area contributed by atoms with E-state index in [0.717, 1.165) is 24.2 Å². The van der Waals surface area contributed by atoms with Crippen LogP contribution in [-0.4, -0.2) is 38.0 Å². The molecule has 19 heavy (non-hydrogen) atoms. The molecule has 1 amide bonds. The average molecular weight is 284 g/mol. The molecule has 0 aliphatic heterocycles. The molecule has 106 valence electrons. The van der Waals surface area contributed by atoms with Crippen molar-refractivity contribution >= 4 is 23.2 Å². The second kappa shape index (κ2) is 7.36. The molecule has 0 unspecified atom stereocenters. The van der Waals surface area contributed by atoms with Crippen molar-refractivity contribution < 1.29 is 4.79 Å². The lowest BCUT2D eigenvalue weighted by Gasteiger charge is -2.28. The minimum Gasteiger partial charge on any atom is -0.361 e. The topological polar surface area (TPSA) is 49.6 Å². The highest BCUT2D eigenvalue weighted by Gasteiger charge is 2.17. The molecular formula is C14H22ClN3O. The lowest BCUT2D eigenvalue weighted by Crippen LogP contribution is -2.37. The Labute approximate surface area is 120 Å². The Morgan fingerprint density at radius 1 is 1.37 bits per heavy atom. The molecule has 4 nitrogen and oxygen atoms in total. The molecule has 0 aliphatic rings. The predicted octanol–water partition coefficient (Wildman–Crippen LogP) is 2.10. The molecule has 5 heteroatoms. The van der Waals surface area contributed by atoms with E-state index >= 15 is 0 Å². The zero-order valence-electron chi connectivity index (χ0n) is 11.8. The Bertz CT molecular complexity index is 435. The molecule has 0 saturated heterocycles. The normalized spacial score (nSPS) is 10.4. The Morgan fingerprint density at radius 2 is 2.05 bits per heavy atom. The van der Waals surface area contributed by atoms with Gasteiger partial charge in [-0.25, -0.2) is 0 Å². The minimum absolute atomic E-state index is 0.0522. The number of benzene rings is 1. The molecule has 0 aliphatic carbocycles. The lowest BCUT2D eigenvalue weighted by atomic mass is 10.1. The monoisotopic (exact) mass is 283 g/mol. The first-order valence-electron chi connectivity index (χ1n) is 6.43. The molecule has 0 fully saturated rings. The number of rotatable bonds is 6. The van der Waals surface area contributed by atoms with Crippen molar-refractivity contribution in [3.8, 4) is 0 Å². The summed E-state index contributed by atoms with van der Waals surface area (Å²) in [5.74, 6) is 0.0522. The van der Waals surface area contributed by atoms with Gasteiger partial charge < -0.3 is 15.5 Å². The smallest absolute Gasteiger partial charge is 0.241 e. The Kier molecular flexibility index (Phi) is 6.12. The fourth-order valence-corrected chi connectivity index (χ4v) is 2.24. The van der Waals surface area contributed by atoms with E-state index in [2.05, 4.69) is 6.92 Å². The van der Waals surface area contributed by atoms with Crippen molar-refractivity contribution in [3.63, 3.8) is 0 Å². The summed E-state index contributed by atoms with van der Waals surface area (Å²) in [5, 5.41) is 0.642. The van der Waals surface area contributed by atoms with Crippen molar-refractivity contribution in [1.29, 1.82) is 0 Å². The van der Waals surface area contributed by atoms with Gasteiger partial charge in [0.15, 0.2) is 0 Å². The van der Waals surface area contributed by atoms with Crippen LogP contribution in [0, 0.1) is 0 Å². The molecule has 1 aromatic rings. The highest BCUT2D eigenvalue weighted by Crippen LogP contribution is 2.30. The van der Waals surface area contributed by atoms with Crippen LogP contribution in [0.3, 0.4) is 0 Å². The first-order chi connectivity index (χ1) is 9.01. The maximum Gasteiger partial charge on any atom is 0.241 e. The zero-order valence-corrected chi connectivity index (χ0v) is 12.6. The van der Waals surface area contributed by atoms with E-state index in [1.807, 2.05) is 23.1 Å². The second-order valence-corrected chi connectivity index (χ2v) is 5.07. The van der Waals surface area contributed by atoms with Crippen LogP contribution < -0.4 is 10.6 Å². The highest BCUT2D eigenvalue weighted by atomic mass is 35.5. The molecule has 0 spiro atoms. The van der Waals surface area contributed by atoms with Crippen molar-refractivity contribution in [2.75, 3.05) is 32.1 Å². The number of anilines is 1. The number of hydrogen-bond acceptors (Lipinski definition) is 3. The van der Waals surface area contributed by atoms with Gasteiger partial charge in [0.25, 0.3) is 0 Å². The van der Waals surface area contributed by atoms with Gasteiger partial charge in [-0.1, -0.05) is 30.7 Å². The van der Waals surface area contributed by atoms with Crippen LogP contribution in [0.1, 0.15) is 18.9 Å². The van der Waals surface area contributed by atoms with E-state index < -0.39 is 0 Å². The summed E-state index contributed by atoms with van der Waals surface area (Å²) in [5.41, 5.74) is 7.61.